The Labute approximate surface area is 108 Å². The van der Waals surface area contributed by atoms with E-state index in [4.69, 9.17) is 34.1 Å². The molecule has 0 fully saturated rings. The van der Waals surface area contributed by atoms with E-state index in [-0.39, 0.29) is 18.3 Å². The maximum Gasteiger partial charge on any atom is 0.254 e. The van der Waals surface area contributed by atoms with E-state index in [9.17, 15) is 4.79 Å². The Morgan fingerprint density at radius 2 is 1.94 bits per heavy atom. The van der Waals surface area contributed by atoms with Gasteiger partial charge in [-0.2, -0.15) is 0 Å². The highest BCUT2D eigenvalue weighted by atomic mass is 35.5. The molecular weight excluding hydrogens is 265 g/mol. The van der Waals surface area contributed by atoms with E-state index in [0.29, 0.717) is 15.6 Å². The van der Waals surface area contributed by atoms with E-state index in [1.807, 2.05) is 0 Å². The van der Waals surface area contributed by atoms with E-state index in [1.54, 1.807) is 0 Å². The Balaban J connectivity index is 2.88. The lowest BCUT2D eigenvalue weighted by atomic mass is 10.2. The van der Waals surface area contributed by atoms with Crippen LogP contribution in [0.15, 0.2) is 23.4 Å². The summed E-state index contributed by atoms with van der Waals surface area (Å²) in [4.78, 5) is 13.2. The van der Waals surface area contributed by atoms with Crippen molar-refractivity contribution in [2.75, 3.05) is 13.6 Å². The van der Waals surface area contributed by atoms with E-state index in [0.717, 1.165) is 0 Å². The van der Waals surface area contributed by atoms with Crippen LogP contribution in [0.2, 0.25) is 10.0 Å². The zero-order valence-corrected chi connectivity index (χ0v) is 10.5. The molecule has 0 bridgehead atoms. The van der Waals surface area contributed by atoms with Crippen molar-refractivity contribution in [1.82, 2.24) is 4.90 Å². The second kappa shape index (κ2) is 5.75. The second-order valence-electron chi connectivity index (χ2n) is 3.41. The first kappa shape index (κ1) is 13.6. The van der Waals surface area contributed by atoms with Gasteiger partial charge in [0.15, 0.2) is 5.84 Å². The molecule has 0 spiro atoms. The average molecular weight is 276 g/mol. The number of likely N-dealkylation sites (N-methyl/N-ethyl adjacent to an activating group) is 1. The highest BCUT2D eigenvalue weighted by Gasteiger charge is 2.14. The van der Waals surface area contributed by atoms with Crippen molar-refractivity contribution in [2.45, 2.75) is 0 Å². The number of halogens is 2. The number of benzene rings is 1. The third kappa shape index (κ3) is 3.80. The summed E-state index contributed by atoms with van der Waals surface area (Å²) in [5, 5.41) is 11.9. The largest absolute Gasteiger partial charge is 0.409 e. The minimum Gasteiger partial charge on any atom is -0.409 e. The molecule has 5 nitrogen and oxygen atoms in total. The number of hydrogen-bond donors (Lipinski definition) is 2. The summed E-state index contributed by atoms with van der Waals surface area (Å²) < 4.78 is 0. The van der Waals surface area contributed by atoms with Crippen LogP contribution < -0.4 is 5.73 Å². The fraction of sp³-hybridized carbons (Fsp3) is 0.200. The summed E-state index contributed by atoms with van der Waals surface area (Å²) in [7, 11) is 1.52. The van der Waals surface area contributed by atoms with E-state index < -0.39 is 0 Å². The molecule has 17 heavy (non-hydrogen) atoms. The minimum absolute atomic E-state index is 0.0134. The number of nitrogens with two attached hydrogens (primary N) is 1. The Hall–Kier alpha value is -1.46. The van der Waals surface area contributed by atoms with Crippen LogP contribution in [0.3, 0.4) is 0 Å². The van der Waals surface area contributed by atoms with Crippen LogP contribution in [0, 0.1) is 0 Å². The molecule has 0 aliphatic carbocycles. The third-order valence-electron chi connectivity index (χ3n) is 1.98. The minimum atomic E-state index is -0.319. The van der Waals surface area contributed by atoms with Crippen LogP contribution >= 0.6 is 23.2 Å². The first-order valence-electron chi connectivity index (χ1n) is 4.62. The van der Waals surface area contributed by atoms with Crippen LogP contribution in [0.1, 0.15) is 10.4 Å². The second-order valence-corrected chi connectivity index (χ2v) is 4.28. The van der Waals surface area contributed by atoms with Gasteiger partial charge in [0, 0.05) is 22.7 Å². The fourth-order valence-corrected chi connectivity index (χ4v) is 1.77. The van der Waals surface area contributed by atoms with E-state index >= 15 is 0 Å². The monoisotopic (exact) mass is 275 g/mol. The zero-order chi connectivity index (χ0) is 13.0. The van der Waals surface area contributed by atoms with Gasteiger partial charge < -0.3 is 15.8 Å². The summed E-state index contributed by atoms with van der Waals surface area (Å²) in [6.45, 7) is 0.0134. The zero-order valence-electron chi connectivity index (χ0n) is 9.02. The Bertz CT molecular complexity index is 443. The highest BCUT2D eigenvalue weighted by molar-refractivity contribution is 6.35. The van der Waals surface area contributed by atoms with Gasteiger partial charge in [0.05, 0.1) is 6.54 Å². The summed E-state index contributed by atoms with van der Waals surface area (Å²) in [6, 6.07) is 4.53. The Kier molecular flexibility index (Phi) is 4.60. The van der Waals surface area contributed by atoms with Crippen molar-refractivity contribution in [1.29, 1.82) is 0 Å². The first-order valence-corrected chi connectivity index (χ1v) is 5.37. The van der Waals surface area contributed by atoms with Gasteiger partial charge in [-0.15, -0.1) is 0 Å². The fourth-order valence-electron chi connectivity index (χ4n) is 1.24. The molecule has 92 valence electrons. The highest BCUT2D eigenvalue weighted by Crippen LogP contribution is 2.19. The normalized spacial score (nSPS) is 11.4. The predicted molar refractivity (Wildman–Crippen MR) is 66.8 cm³/mol. The SMILES string of the molecule is CN(CC(N)=NO)C(=O)c1cc(Cl)cc(Cl)c1. The topological polar surface area (TPSA) is 78.9 Å². The van der Waals surface area contributed by atoms with Gasteiger partial charge in [-0.3, -0.25) is 4.79 Å². The first-order chi connectivity index (χ1) is 7.93. The average Bonchev–Trinajstić information content (AvgIpc) is 2.26. The van der Waals surface area contributed by atoms with Crippen molar-refractivity contribution in [2.24, 2.45) is 10.9 Å². The molecule has 0 aromatic heterocycles. The number of carbonyl (C=O) groups excluding carboxylic acids is 1. The third-order valence-corrected chi connectivity index (χ3v) is 2.42. The van der Waals surface area contributed by atoms with Gasteiger partial charge in [-0.1, -0.05) is 28.4 Å². The van der Waals surface area contributed by atoms with Gasteiger partial charge in [-0.25, -0.2) is 0 Å². The van der Waals surface area contributed by atoms with Crippen LogP contribution in [0.4, 0.5) is 0 Å². The smallest absolute Gasteiger partial charge is 0.254 e. The molecule has 0 heterocycles. The Morgan fingerprint density at radius 3 is 2.41 bits per heavy atom. The van der Waals surface area contributed by atoms with Crippen molar-refractivity contribution < 1.29 is 10.0 Å². The van der Waals surface area contributed by atoms with Crippen LogP contribution in [0.25, 0.3) is 0 Å². The number of rotatable bonds is 3. The van der Waals surface area contributed by atoms with Crippen molar-refractivity contribution in [3.8, 4) is 0 Å². The van der Waals surface area contributed by atoms with Gasteiger partial charge in [0.25, 0.3) is 5.91 Å². The van der Waals surface area contributed by atoms with Crippen LogP contribution in [-0.2, 0) is 0 Å². The lowest BCUT2D eigenvalue weighted by Crippen LogP contribution is -2.35. The van der Waals surface area contributed by atoms with Crippen LogP contribution in [0.5, 0.6) is 0 Å². The summed E-state index contributed by atoms with van der Waals surface area (Å²) in [6.07, 6.45) is 0. The summed E-state index contributed by atoms with van der Waals surface area (Å²) >= 11 is 11.6. The van der Waals surface area contributed by atoms with Gasteiger partial charge in [-0.05, 0) is 18.2 Å². The van der Waals surface area contributed by atoms with Crippen molar-refractivity contribution in [3.63, 3.8) is 0 Å². The molecule has 0 aliphatic heterocycles. The van der Waals surface area contributed by atoms with Crippen LogP contribution in [-0.4, -0.2) is 35.4 Å². The number of hydrogen-bond acceptors (Lipinski definition) is 3. The molecule has 1 amide bonds. The molecule has 0 radical (unpaired) electrons. The molecule has 0 saturated carbocycles. The molecule has 1 rings (SSSR count). The number of carbonyl (C=O) groups is 1. The quantitative estimate of drug-likeness (QED) is 0.382. The molecule has 3 N–H and O–H groups in total. The number of amides is 1. The predicted octanol–water partition coefficient (Wildman–Crippen LogP) is 1.81. The Morgan fingerprint density at radius 1 is 1.41 bits per heavy atom. The molecule has 0 atom stereocenters. The number of amidine groups is 1. The molecule has 0 unspecified atom stereocenters. The standard InChI is InChI=1S/C10H11Cl2N3O2/c1-15(5-9(13)14-17)10(16)6-2-7(11)4-8(12)3-6/h2-4,17H,5H2,1H3,(H2,13,14). The maximum atomic E-state index is 11.9. The van der Waals surface area contributed by atoms with Crippen molar-refractivity contribution in [3.05, 3.63) is 33.8 Å². The molecule has 0 aliphatic rings. The van der Waals surface area contributed by atoms with E-state index in [1.165, 1.54) is 30.1 Å². The van der Waals surface area contributed by atoms with E-state index in [2.05, 4.69) is 5.16 Å². The number of oxime groups is 1. The lowest BCUT2D eigenvalue weighted by Gasteiger charge is -2.16. The van der Waals surface area contributed by atoms with Crippen molar-refractivity contribution >= 4 is 34.9 Å². The molecule has 1 aromatic rings. The molecule has 0 saturated heterocycles. The lowest BCUT2D eigenvalue weighted by molar-refractivity contribution is 0.0813. The van der Waals surface area contributed by atoms with Gasteiger partial charge in [0.2, 0.25) is 0 Å². The summed E-state index contributed by atoms with van der Waals surface area (Å²) in [5.74, 6) is -0.380. The molecule has 7 heteroatoms. The molecular formula is C10H11Cl2N3O2. The maximum absolute atomic E-state index is 11.9. The molecule has 1 aromatic carbocycles. The van der Waals surface area contributed by atoms with Gasteiger partial charge in [0.1, 0.15) is 0 Å². The van der Waals surface area contributed by atoms with Gasteiger partial charge >= 0.3 is 0 Å². The number of nitrogens with zero attached hydrogens (tertiary/aromatic N) is 2. The summed E-state index contributed by atoms with van der Waals surface area (Å²) in [5.41, 5.74) is 5.65.